The predicted molar refractivity (Wildman–Crippen MR) is 132 cm³/mol. The highest BCUT2D eigenvalue weighted by atomic mass is 16.5. The third-order valence-electron chi connectivity index (χ3n) is 5.44. The number of methoxy groups -OCH3 is 2. The molecule has 0 aliphatic carbocycles. The SMILES string of the molecule is COc1ccc(CCNC(=O)c2ccccc2NC(=O)COc2ccc(C)c(C)c2)cc1OC. The molecule has 0 bridgehead atoms. The van der Waals surface area contributed by atoms with Gasteiger partial charge in [-0.25, -0.2) is 0 Å². The molecule has 0 spiro atoms. The summed E-state index contributed by atoms with van der Waals surface area (Å²) in [6, 6.07) is 18.2. The van der Waals surface area contributed by atoms with Crippen molar-refractivity contribution < 1.29 is 23.8 Å². The molecular formula is C27H30N2O5. The highest BCUT2D eigenvalue weighted by Gasteiger charge is 2.14. The van der Waals surface area contributed by atoms with E-state index in [0.29, 0.717) is 41.5 Å². The number of carbonyl (C=O) groups is 2. The zero-order valence-electron chi connectivity index (χ0n) is 19.9. The number of anilines is 1. The minimum absolute atomic E-state index is 0.155. The largest absolute Gasteiger partial charge is 0.493 e. The van der Waals surface area contributed by atoms with Crippen LogP contribution in [0.3, 0.4) is 0 Å². The molecule has 178 valence electrons. The summed E-state index contributed by atoms with van der Waals surface area (Å²) in [4.78, 5) is 25.2. The van der Waals surface area contributed by atoms with E-state index < -0.39 is 0 Å². The van der Waals surface area contributed by atoms with Gasteiger partial charge in [0.15, 0.2) is 18.1 Å². The van der Waals surface area contributed by atoms with Crippen molar-refractivity contribution in [3.05, 3.63) is 82.9 Å². The molecule has 0 aliphatic rings. The van der Waals surface area contributed by atoms with E-state index in [-0.39, 0.29) is 18.4 Å². The summed E-state index contributed by atoms with van der Waals surface area (Å²) in [5, 5.41) is 5.67. The number of benzene rings is 3. The summed E-state index contributed by atoms with van der Waals surface area (Å²) >= 11 is 0. The molecule has 2 amide bonds. The summed E-state index contributed by atoms with van der Waals surface area (Å²) in [5.41, 5.74) is 4.06. The standard InChI is InChI=1S/C27H30N2O5/c1-18-9-11-21(15-19(18)2)34-17-26(30)29-23-8-6-5-7-22(23)27(31)28-14-13-20-10-12-24(32-3)25(16-20)33-4/h5-12,15-16H,13-14,17H2,1-4H3,(H,28,31)(H,29,30). The van der Waals surface area contributed by atoms with Crippen molar-refractivity contribution >= 4 is 17.5 Å². The Morgan fingerprint density at radius 3 is 2.35 bits per heavy atom. The molecule has 0 fully saturated rings. The van der Waals surface area contributed by atoms with Crippen LogP contribution in [0.2, 0.25) is 0 Å². The first-order valence-electron chi connectivity index (χ1n) is 11.0. The molecule has 0 unspecified atom stereocenters. The van der Waals surface area contributed by atoms with E-state index in [9.17, 15) is 9.59 Å². The second-order valence-corrected chi connectivity index (χ2v) is 7.82. The monoisotopic (exact) mass is 462 g/mol. The Morgan fingerprint density at radius 2 is 1.62 bits per heavy atom. The quantitative estimate of drug-likeness (QED) is 0.469. The number of ether oxygens (including phenoxy) is 3. The van der Waals surface area contributed by atoms with Crippen molar-refractivity contribution in [1.82, 2.24) is 5.32 Å². The van der Waals surface area contributed by atoms with E-state index in [1.165, 1.54) is 0 Å². The second kappa shape index (κ2) is 11.7. The summed E-state index contributed by atoms with van der Waals surface area (Å²) in [5.74, 6) is 1.30. The zero-order valence-corrected chi connectivity index (χ0v) is 19.9. The molecule has 0 aromatic heterocycles. The number of amides is 2. The van der Waals surface area contributed by atoms with Crippen LogP contribution in [-0.4, -0.2) is 39.2 Å². The number of hydrogen-bond donors (Lipinski definition) is 2. The molecular weight excluding hydrogens is 432 g/mol. The number of nitrogens with one attached hydrogen (secondary N) is 2. The highest BCUT2D eigenvalue weighted by molar-refractivity contribution is 6.04. The Bertz CT molecular complexity index is 1160. The lowest BCUT2D eigenvalue weighted by atomic mass is 10.1. The van der Waals surface area contributed by atoms with Crippen LogP contribution in [0, 0.1) is 13.8 Å². The van der Waals surface area contributed by atoms with Gasteiger partial charge in [0.25, 0.3) is 11.8 Å². The van der Waals surface area contributed by atoms with E-state index in [1.54, 1.807) is 38.5 Å². The molecule has 2 N–H and O–H groups in total. The smallest absolute Gasteiger partial charge is 0.262 e. The number of carbonyl (C=O) groups excluding carboxylic acids is 2. The molecule has 3 rings (SSSR count). The van der Waals surface area contributed by atoms with Gasteiger partial charge in [0.2, 0.25) is 0 Å². The Kier molecular flexibility index (Phi) is 8.51. The molecule has 0 radical (unpaired) electrons. The van der Waals surface area contributed by atoms with Crippen LogP contribution in [0.5, 0.6) is 17.2 Å². The summed E-state index contributed by atoms with van der Waals surface area (Å²) in [6.45, 7) is 4.27. The first kappa shape index (κ1) is 24.6. The molecule has 0 atom stereocenters. The fourth-order valence-corrected chi connectivity index (χ4v) is 3.38. The second-order valence-electron chi connectivity index (χ2n) is 7.82. The van der Waals surface area contributed by atoms with Gasteiger partial charge in [-0.3, -0.25) is 9.59 Å². The highest BCUT2D eigenvalue weighted by Crippen LogP contribution is 2.27. The first-order chi connectivity index (χ1) is 16.4. The van der Waals surface area contributed by atoms with Crippen LogP contribution in [0.25, 0.3) is 0 Å². The molecule has 7 nitrogen and oxygen atoms in total. The van der Waals surface area contributed by atoms with Gasteiger partial charge in [-0.2, -0.15) is 0 Å². The number of para-hydroxylation sites is 1. The maximum absolute atomic E-state index is 12.8. The fourth-order valence-electron chi connectivity index (χ4n) is 3.38. The van der Waals surface area contributed by atoms with Crippen molar-refractivity contribution in [3.63, 3.8) is 0 Å². The number of rotatable bonds is 10. The van der Waals surface area contributed by atoms with Gasteiger partial charge in [-0.05, 0) is 73.4 Å². The van der Waals surface area contributed by atoms with E-state index in [4.69, 9.17) is 14.2 Å². The predicted octanol–water partition coefficient (Wildman–Crippen LogP) is 4.31. The van der Waals surface area contributed by atoms with Crippen LogP contribution < -0.4 is 24.8 Å². The van der Waals surface area contributed by atoms with Crippen molar-refractivity contribution in [1.29, 1.82) is 0 Å². The number of hydrogen-bond acceptors (Lipinski definition) is 5. The number of aryl methyl sites for hydroxylation is 2. The lowest BCUT2D eigenvalue weighted by Crippen LogP contribution is -2.28. The minimum Gasteiger partial charge on any atom is -0.493 e. The Morgan fingerprint density at radius 1 is 0.853 bits per heavy atom. The van der Waals surface area contributed by atoms with Crippen molar-refractivity contribution in [2.24, 2.45) is 0 Å². The fraction of sp³-hybridized carbons (Fsp3) is 0.259. The first-order valence-corrected chi connectivity index (χ1v) is 11.0. The van der Waals surface area contributed by atoms with Gasteiger partial charge in [0.1, 0.15) is 5.75 Å². The maximum Gasteiger partial charge on any atom is 0.262 e. The summed E-state index contributed by atoms with van der Waals surface area (Å²) in [7, 11) is 3.17. The molecule has 3 aromatic rings. The molecule has 7 heteroatoms. The average molecular weight is 463 g/mol. The zero-order chi connectivity index (χ0) is 24.5. The van der Waals surface area contributed by atoms with Gasteiger partial charge < -0.3 is 24.8 Å². The molecule has 0 saturated carbocycles. The van der Waals surface area contributed by atoms with Crippen LogP contribution in [0.4, 0.5) is 5.69 Å². The lowest BCUT2D eigenvalue weighted by molar-refractivity contribution is -0.118. The maximum atomic E-state index is 12.8. The van der Waals surface area contributed by atoms with Gasteiger partial charge in [-0.15, -0.1) is 0 Å². The molecule has 0 saturated heterocycles. The van der Waals surface area contributed by atoms with Gasteiger partial charge in [0, 0.05) is 6.54 Å². The van der Waals surface area contributed by atoms with Crippen LogP contribution in [0.15, 0.2) is 60.7 Å². The third kappa shape index (κ3) is 6.51. The van der Waals surface area contributed by atoms with Gasteiger partial charge >= 0.3 is 0 Å². The van der Waals surface area contributed by atoms with E-state index in [1.807, 2.05) is 50.2 Å². The molecule has 34 heavy (non-hydrogen) atoms. The molecule has 3 aromatic carbocycles. The Balaban J connectivity index is 1.55. The minimum atomic E-state index is -0.344. The van der Waals surface area contributed by atoms with E-state index >= 15 is 0 Å². The normalized spacial score (nSPS) is 10.4. The Labute approximate surface area is 200 Å². The summed E-state index contributed by atoms with van der Waals surface area (Å²) in [6.07, 6.45) is 0.616. The topological polar surface area (TPSA) is 85.9 Å². The van der Waals surface area contributed by atoms with Crippen LogP contribution in [0.1, 0.15) is 27.0 Å². The van der Waals surface area contributed by atoms with E-state index in [2.05, 4.69) is 10.6 Å². The lowest BCUT2D eigenvalue weighted by Gasteiger charge is -2.13. The van der Waals surface area contributed by atoms with Crippen molar-refractivity contribution in [3.8, 4) is 17.2 Å². The molecule has 0 heterocycles. The van der Waals surface area contributed by atoms with Crippen molar-refractivity contribution in [2.45, 2.75) is 20.3 Å². The van der Waals surface area contributed by atoms with Crippen LogP contribution >= 0.6 is 0 Å². The van der Waals surface area contributed by atoms with Gasteiger partial charge in [-0.1, -0.05) is 24.3 Å². The van der Waals surface area contributed by atoms with Gasteiger partial charge in [0.05, 0.1) is 25.5 Å². The van der Waals surface area contributed by atoms with Crippen molar-refractivity contribution in [2.75, 3.05) is 32.7 Å². The third-order valence-corrected chi connectivity index (χ3v) is 5.44. The molecule has 0 aliphatic heterocycles. The van der Waals surface area contributed by atoms with E-state index in [0.717, 1.165) is 16.7 Å². The van der Waals surface area contributed by atoms with Crippen LogP contribution in [-0.2, 0) is 11.2 Å². The Hall–Kier alpha value is -4.00. The summed E-state index contributed by atoms with van der Waals surface area (Å²) < 4.78 is 16.2. The average Bonchev–Trinajstić information content (AvgIpc) is 2.84.